The van der Waals surface area contributed by atoms with Crippen LogP contribution in [0.2, 0.25) is 5.02 Å². The summed E-state index contributed by atoms with van der Waals surface area (Å²) >= 11 is 5.86. The molecule has 2 rings (SSSR count). The molecule has 0 atom stereocenters. The highest BCUT2D eigenvalue weighted by Gasteiger charge is 2.13. The van der Waals surface area contributed by atoms with Crippen LogP contribution in [0.1, 0.15) is 20.7 Å². The van der Waals surface area contributed by atoms with Crippen LogP contribution in [0.4, 0.5) is 10.1 Å². The maximum Gasteiger partial charge on any atom is 0.335 e. The fourth-order valence-corrected chi connectivity index (χ4v) is 1.81. The molecule has 0 radical (unpaired) electrons. The van der Waals surface area contributed by atoms with E-state index in [1.165, 1.54) is 18.2 Å². The molecule has 4 nitrogen and oxygen atoms in total. The Morgan fingerprint density at radius 2 is 1.85 bits per heavy atom. The van der Waals surface area contributed by atoms with Gasteiger partial charge in [-0.25, -0.2) is 9.18 Å². The monoisotopic (exact) mass is 293 g/mol. The van der Waals surface area contributed by atoms with E-state index in [4.69, 9.17) is 16.7 Å². The topological polar surface area (TPSA) is 66.4 Å². The molecule has 6 heteroatoms. The molecule has 2 N–H and O–H groups in total. The van der Waals surface area contributed by atoms with Crippen molar-refractivity contribution in [2.45, 2.75) is 0 Å². The summed E-state index contributed by atoms with van der Waals surface area (Å²) in [5.41, 5.74) is -0.103. The number of carbonyl (C=O) groups excluding carboxylic acids is 1. The van der Waals surface area contributed by atoms with E-state index >= 15 is 0 Å². The second-order valence-corrected chi connectivity index (χ2v) is 4.34. The van der Waals surface area contributed by atoms with Gasteiger partial charge in [0.05, 0.1) is 21.8 Å². The molecule has 0 aromatic heterocycles. The molecule has 0 aliphatic rings. The maximum atomic E-state index is 13.7. The Labute approximate surface area is 118 Å². The number of aromatic carboxylic acids is 1. The molecular formula is C14H9ClFNO3. The van der Waals surface area contributed by atoms with E-state index in [1.807, 2.05) is 0 Å². The molecule has 0 heterocycles. The van der Waals surface area contributed by atoms with Crippen LogP contribution in [0.3, 0.4) is 0 Å². The fourth-order valence-electron chi connectivity index (χ4n) is 1.58. The van der Waals surface area contributed by atoms with Gasteiger partial charge in [-0.05, 0) is 30.3 Å². The first-order valence-corrected chi connectivity index (χ1v) is 5.95. The number of carboxylic acid groups (broad SMARTS) is 1. The predicted octanol–water partition coefficient (Wildman–Crippen LogP) is 3.43. The Morgan fingerprint density at radius 1 is 1.15 bits per heavy atom. The first-order chi connectivity index (χ1) is 9.49. The van der Waals surface area contributed by atoms with Crippen LogP contribution in [-0.2, 0) is 0 Å². The van der Waals surface area contributed by atoms with Crippen LogP contribution < -0.4 is 5.32 Å². The van der Waals surface area contributed by atoms with Crippen molar-refractivity contribution in [2.24, 2.45) is 0 Å². The lowest BCUT2D eigenvalue weighted by Gasteiger charge is -2.08. The summed E-state index contributed by atoms with van der Waals surface area (Å²) in [5, 5.41) is 11.3. The largest absolute Gasteiger partial charge is 0.478 e. The highest BCUT2D eigenvalue weighted by molar-refractivity contribution is 6.34. The van der Waals surface area contributed by atoms with Crippen LogP contribution >= 0.6 is 11.6 Å². The van der Waals surface area contributed by atoms with Crippen molar-refractivity contribution in [1.29, 1.82) is 0 Å². The van der Waals surface area contributed by atoms with Gasteiger partial charge in [0.1, 0.15) is 5.82 Å². The van der Waals surface area contributed by atoms with E-state index in [9.17, 15) is 14.0 Å². The molecule has 20 heavy (non-hydrogen) atoms. The van der Waals surface area contributed by atoms with Gasteiger partial charge >= 0.3 is 5.97 Å². The number of rotatable bonds is 3. The molecule has 0 spiro atoms. The minimum Gasteiger partial charge on any atom is -0.478 e. The summed E-state index contributed by atoms with van der Waals surface area (Å²) in [5.74, 6) is -2.64. The van der Waals surface area contributed by atoms with Crippen molar-refractivity contribution < 1.29 is 19.1 Å². The smallest absolute Gasteiger partial charge is 0.335 e. The fraction of sp³-hybridized carbons (Fsp3) is 0. The van der Waals surface area contributed by atoms with Crippen LogP contribution in [0.5, 0.6) is 0 Å². The zero-order valence-corrected chi connectivity index (χ0v) is 10.8. The molecule has 0 aliphatic heterocycles. The maximum absolute atomic E-state index is 13.7. The quantitative estimate of drug-likeness (QED) is 0.911. The zero-order chi connectivity index (χ0) is 14.7. The average molecular weight is 294 g/mol. The van der Waals surface area contributed by atoms with E-state index in [0.29, 0.717) is 0 Å². The lowest BCUT2D eigenvalue weighted by atomic mass is 10.1. The van der Waals surface area contributed by atoms with Crippen molar-refractivity contribution >= 4 is 29.2 Å². The van der Waals surface area contributed by atoms with E-state index in [2.05, 4.69) is 5.32 Å². The minimum atomic E-state index is -1.24. The molecule has 0 saturated heterocycles. The Balaban J connectivity index is 2.25. The third-order valence-electron chi connectivity index (χ3n) is 2.58. The first kappa shape index (κ1) is 14.0. The lowest BCUT2D eigenvalue weighted by Crippen LogP contribution is -2.13. The Bertz CT molecular complexity index is 688. The molecule has 102 valence electrons. The van der Waals surface area contributed by atoms with Crippen LogP contribution in [-0.4, -0.2) is 17.0 Å². The second kappa shape index (κ2) is 5.71. The number of amides is 1. The van der Waals surface area contributed by atoms with Gasteiger partial charge in [-0.1, -0.05) is 23.7 Å². The van der Waals surface area contributed by atoms with E-state index in [-0.39, 0.29) is 21.8 Å². The summed E-state index contributed by atoms with van der Waals surface area (Å²) in [6, 6.07) is 9.57. The minimum absolute atomic E-state index is 0.111. The summed E-state index contributed by atoms with van der Waals surface area (Å²) < 4.78 is 13.7. The van der Waals surface area contributed by atoms with Gasteiger partial charge in [0.15, 0.2) is 0 Å². The van der Waals surface area contributed by atoms with Crippen molar-refractivity contribution in [3.05, 3.63) is 64.4 Å². The van der Waals surface area contributed by atoms with Gasteiger partial charge in [-0.3, -0.25) is 4.79 Å². The van der Waals surface area contributed by atoms with E-state index in [0.717, 1.165) is 6.07 Å². The Morgan fingerprint density at radius 3 is 2.45 bits per heavy atom. The van der Waals surface area contributed by atoms with Gasteiger partial charge in [-0.15, -0.1) is 0 Å². The summed E-state index contributed by atoms with van der Waals surface area (Å²) in [6.45, 7) is 0. The molecular weight excluding hydrogens is 285 g/mol. The Kier molecular flexibility index (Phi) is 4.00. The number of carboxylic acids is 1. The number of anilines is 1. The number of hydrogen-bond acceptors (Lipinski definition) is 2. The van der Waals surface area contributed by atoms with Crippen LogP contribution in [0, 0.1) is 5.82 Å². The summed E-state index contributed by atoms with van der Waals surface area (Å²) in [6.07, 6.45) is 0. The summed E-state index contributed by atoms with van der Waals surface area (Å²) in [7, 11) is 0. The SMILES string of the molecule is O=C(O)c1ccc(NC(=O)c2ccccc2Cl)c(F)c1. The van der Waals surface area contributed by atoms with Gasteiger partial charge in [-0.2, -0.15) is 0 Å². The summed E-state index contributed by atoms with van der Waals surface area (Å²) in [4.78, 5) is 22.6. The average Bonchev–Trinajstić information content (AvgIpc) is 2.41. The molecule has 1 amide bonds. The van der Waals surface area contributed by atoms with Gasteiger partial charge in [0.2, 0.25) is 0 Å². The third kappa shape index (κ3) is 2.95. The van der Waals surface area contributed by atoms with Gasteiger partial charge < -0.3 is 10.4 Å². The van der Waals surface area contributed by atoms with Crippen molar-refractivity contribution in [2.75, 3.05) is 5.32 Å². The highest BCUT2D eigenvalue weighted by Crippen LogP contribution is 2.20. The number of nitrogens with one attached hydrogen (secondary N) is 1. The third-order valence-corrected chi connectivity index (χ3v) is 2.91. The predicted molar refractivity (Wildman–Crippen MR) is 72.8 cm³/mol. The molecule has 0 fully saturated rings. The van der Waals surface area contributed by atoms with Gasteiger partial charge in [0.25, 0.3) is 5.91 Å². The number of benzene rings is 2. The van der Waals surface area contributed by atoms with E-state index < -0.39 is 17.7 Å². The van der Waals surface area contributed by atoms with Crippen molar-refractivity contribution in [3.8, 4) is 0 Å². The van der Waals surface area contributed by atoms with E-state index in [1.54, 1.807) is 18.2 Å². The number of carbonyl (C=O) groups is 2. The lowest BCUT2D eigenvalue weighted by molar-refractivity contribution is 0.0696. The van der Waals surface area contributed by atoms with Crippen LogP contribution in [0.25, 0.3) is 0 Å². The molecule has 0 bridgehead atoms. The number of hydrogen-bond donors (Lipinski definition) is 2. The molecule has 0 unspecified atom stereocenters. The molecule has 2 aromatic rings. The van der Waals surface area contributed by atoms with Crippen molar-refractivity contribution in [3.63, 3.8) is 0 Å². The zero-order valence-electron chi connectivity index (χ0n) is 10.1. The molecule has 2 aromatic carbocycles. The first-order valence-electron chi connectivity index (χ1n) is 5.58. The van der Waals surface area contributed by atoms with Gasteiger partial charge in [0, 0.05) is 0 Å². The van der Waals surface area contributed by atoms with Crippen LogP contribution in [0.15, 0.2) is 42.5 Å². The van der Waals surface area contributed by atoms with Crippen molar-refractivity contribution in [1.82, 2.24) is 0 Å². The second-order valence-electron chi connectivity index (χ2n) is 3.93. The highest BCUT2D eigenvalue weighted by atomic mass is 35.5. The molecule has 0 saturated carbocycles. The molecule has 0 aliphatic carbocycles. The standard InChI is InChI=1S/C14H9ClFNO3/c15-10-4-2-1-3-9(10)13(18)17-12-6-5-8(14(19)20)7-11(12)16/h1-7H,(H,17,18)(H,19,20). The normalized spacial score (nSPS) is 10.1. The Hall–Kier alpha value is -2.40. The number of halogens is 2.